The zero-order chi connectivity index (χ0) is 26.5. The van der Waals surface area contributed by atoms with E-state index in [0.29, 0.717) is 0 Å². The molecule has 0 aromatic heterocycles. The Kier molecular flexibility index (Phi) is 7.03. The van der Waals surface area contributed by atoms with Crippen molar-refractivity contribution in [1.29, 1.82) is 0 Å². The van der Waals surface area contributed by atoms with Crippen LogP contribution in [0.25, 0.3) is 0 Å². The molecule has 0 fully saturated rings. The van der Waals surface area contributed by atoms with E-state index in [1.165, 1.54) is 13.0 Å². The van der Waals surface area contributed by atoms with E-state index in [4.69, 9.17) is 0 Å². The summed E-state index contributed by atoms with van der Waals surface area (Å²) >= 11 is 0. The molecule has 0 aliphatic heterocycles. The number of nitrogens with zero attached hydrogens (tertiary/aromatic N) is 2. The maximum absolute atomic E-state index is 13.6. The lowest BCUT2D eigenvalue weighted by Crippen LogP contribution is -2.72. The highest BCUT2D eigenvalue weighted by molar-refractivity contribution is 5.54. The molecule has 0 bridgehead atoms. The quantitative estimate of drug-likeness (QED) is 0.288. The van der Waals surface area contributed by atoms with E-state index in [9.17, 15) is 71.0 Å². The number of azo groups is 1. The summed E-state index contributed by atoms with van der Waals surface area (Å²) in [5.41, 5.74) is -0.704. The third-order valence-corrected chi connectivity index (χ3v) is 4.06. The molecule has 1 aromatic rings. The molecule has 0 aliphatic rings. The Morgan fingerprint density at radius 1 is 0.667 bits per heavy atom. The van der Waals surface area contributed by atoms with Gasteiger partial charge >= 0.3 is 41.7 Å². The number of aryl methyl sites for hydroxylation is 1. The van der Waals surface area contributed by atoms with Gasteiger partial charge in [-0.15, -0.1) is 0 Å². The van der Waals surface area contributed by atoms with Crippen molar-refractivity contribution in [2.24, 2.45) is 10.2 Å². The van der Waals surface area contributed by atoms with Crippen LogP contribution in [0.15, 0.2) is 28.4 Å². The van der Waals surface area contributed by atoms with Crippen molar-refractivity contribution in [3.8, 4) is 5.75 Å². The van der Waals surface area contributed by atoms with Crippen molar-refractivity contribution in [3.63, 3.8) is 0 Å². The van der Waals surface area contributed by atoms with Gasteiger partial charge in [0.1, 0.15) is 18.0 Å². The molecule has 0 unspecified atom stereocenters. The van der Waals surface area contributed by atoms with E-state index in [2.05, 4.69) is 10.2 Å². The van der Waals surface area contributed by atoms with Crippen LogP contribution in [0.2, 0.25) is 0 Å². The van der Waals surface area contributed by atoms with Crippen LogP contribution in [-0.4, -0.2) is 53.4 Å². The monoisotopic (exact) mass is 518 g/mol. The van der Waals surface area contributed by atoms with Crippen LogP contribution in [0.4, 0.5) is 71.5 Å². The molecule has 0 saturated carbocycles. The van der Waals surface area contributed by atoms with E-state index in [1.807, 2.05) is 0 Å². The Morgan fingerprint density at radius 3 is 1.55 bits per heavy atom. The molecule has 0 saturated heterocycles. The standard InChI is InChI=1S/C15H9F15N2O/c1-6-3-2-4-7(8(6)33)32-31-5-9(16,17)10(18,19)11(20,21)12(22,23)13(24,25)14(26,27)15(28,29)30/h2-4,33H,5H2,1H3. The second-order valence-electron chi connectivity index (χ2n) is 6.42. The summed E-state index contributed by atoms with van der Waals surface area (Å²) in [5, 5.41) is 14.5. The Hall–Kier alpha value is -2.43. The first-order chi connectivity index (χ1) is 14.4. The normalized spacial score (nSPS) is 15.4. The first kappa shape index (κ1) is 28.6. The fraction of sp³-hybridized carbons (Fsp3) is 0.600. The summed E-state index contributed by atoms with van der Waals surface area (Å²) in [4.78, 5) is 0. The fourth-order valence-corrected chi connectivity index (χ4v) is 2.02. The Morgan fingerprint density at radius 2 is 1.09 bits per heavy atom. The van der Waals surface area contributed by atoms with Gasteiger partial charge < -0.3 is 5.11 Å². The Balaban J connectivity index is 3.39. The summed E-state index contributed by atoms with van der Waals surface area (Å²) in [6.07, 6.45) is -7.65. The van der Waals surface area contributed by atoms with Gasteiger partial charge in [0.2, 0.25) is 0 Å². The zero-order valence-electron chi connectivity index (χ0n) is 15.5. The highest BCUT2D eigenvalue weighted by Gasteiger charge is 2.93. The molecule has 0 amide bonds. The van der Waals surface area contributed by atoms with Gasteiger partial charge in [-0.2, -0.15) is 76.1 Å². The second-order valence-corrected chi connectivity index (χ2v) is 6.42. The largest absolute Gasteiger partial charge is 0.505 e. The van der Waals surface area contributed by atoms with Crippen molar-refractivity contribution >= 4 is 5.69 Å². The van der Waals surface area contributed by atoms with Gasteiger partial charge in [-0.3, -0.25) is 0 Å². The molecule has 0 heterocycles. The predicted molar refractivity (Wildman–Crippen MR) is 78.0 cm³/mol. The number of hydrogen-bond donors (Lipinski definition) is 1. The van der Waals surface area contributed by atoms with Crippen LogP contribution >= 0.6 is 0 Å². The zero-order valence-corrected chi connectivity index (χ0v) is 15.5. The molecule has 0 atom stereocenters. The van der Waals surface area contributed by atoms with E-state index < -0.39 is 59.7 Å². The average molecular weight is 518 g/mol. The Bertz CT molecular complexity index is 892. The van der Waals surface area contributed by atoms with Gasteiger partial charge in [0, 0.05) is 0 Å². The number of phenols is 1. The summed E-state index contributed by atoms with van der Waals surface area (Å²) in [7, 11) is 0. The number of alkyl halides is 15. The van der Waals surface area contributed by atoms with Crippen molar-refractivity contribution < 1.29 is 71.0 Å². The minimum atomic E-state index is -8.35. The number of para-hydroxylation sites is 1. The lowest BCUT2D eigenvalue weighted by molar-refractivity contribution is -0.451. The van der Waals surface area contributed by atoms with Crippen LogP contribution in [0.5, 0.6) is 5.75 Å². The molecule has 3 nitrogen and oxygen atoms in total. The third-order valence-electron chi connectivity index (χ3n) is 4.06. The summed E-state index contributed by atoms with van der Waals surface area (Å²) < 4.78 is 195. The van der Waals surface area contributed by atoms with E-state index >= 15 is 0 Å². The topological polar surface area (TPSA) is 45.0 Å². The molecule has 0 radical (unpaired) electrons. The maximum Gasteiger partial charge on any atom is 0.460 e. The van der Waals surface area contributed by atoms with Crippen molar-refractivity contribution in [3.05, 3.63) is 23.8 Å². The van der Waals surface area contributed by atoms with Gasteiger partial charge in [0.25, 0.3) is 0 Å². The number of halogens is 15. The minimum Gasteiger partial charge on any atom is -0.505 e. The van der Waals surface area contributed by atoms with Crippen molar-refractivity contribution in [2.75, 3.05) is 6.54 Å². The smallest absolute Gasteiger partial charge is 0.460 e. The predicted octanol–water partition coefficient (Wildman–Crippen LogP) is 7.16. The van der Waals surface area contributed by atoms with Gasteiger partial charge in [-0.25, -0.2) is 0 Å². The van der Waals surface area contributed by atoms with Crippen LogP contribution in [0, 0.1) is 6.92 Å². The SMILES string of the molecule is Cc1cccc(N=NCC(F)(F)C(F)(F)C(F)(F)C(F)(F)C(F)(F)C(F)(F)C(F)(F)F)c1O. The summed E-state index contributed by atoms with van der Waals surface area (Å²) in [5.74, 6) is -47.8. The fourth-order valence-electron chi connectivity index (χ4n) is 2.02. The van der Waals surface area contributed by atoms with Crippen LogP contribution in [0.1, 0.15) is 5.56 Å². The third kappa shape index (κ3) is 4.27. The number of rotatable bonds is 8. The van der Waals surface area contributed by atoms with E-state index in [-0.39, 0.29) is 5.56 Å². The lowest BCUT2D eigenvalue weighted by Gasteiger charge is -2.41. The number of phenolic OH excluding ortho intramolecular Hbond substituents is 1. The highest BCUT2D eigenvalue weighted by atomic mass is 19.4. The lowest BCUT2D eigenvalue weighted by atomic mass is 9.91. The maximum atomic E-state index is 13.6. The van der Waals surface area contributed by atoms with Gasteiger partial charge in [-0.05, 0) is 18.6 Å². The number of benzene rings is 1. The molecule has 190 valence electrons. The number of aromatic hydroxyl groups is 1. The van der Waals surface area contributed by atoms with Gasteiger partial charge in [0.05, 0.1) is 0 Å². The molecule has 0 spiro atoms. The van der Waals surface area contributed by atoms with E-state index in [1.54, 1.807) is 0 Å². The first-order valence-corrected chi connectivity index (χ1v) is 7.90. The summed E-state index contributed by atoms with van der Waals surface area (Å²) in [6, 6.07) is 3.15. The van der Waals surface area contributed by atoms with Crippen molar-refractivity contribution in [1.82, 2.24) is 0 Å². The molecule has 1 aromatic carbocycles. The van der Waals surface area contributed by atoms with E-state index in [0.717, 1.165) is 12.1 Å². The van der Waals surface area contributed by atoms with Gasteiger partial charge in [0.15, 0.2) is 0 Å². The molecule has 18 heteroatoms. The molecular weight excluding hydrogens is 509 g/mol. The number of hydrogen-bond acceptors (Lipinski definition) is 3. The van der Waals surface area contributed by atoms with Crippen LogP contribution in [0.3, 0.4) is 0 Å². The molecule has 1 rings (SSSR count). The molecule has 1 N–H and O–H groups in total. The van der Waals surface area contributed by atoms with Crippen molar-refractivity contribution in [2.45, 2.75) is 48.6 Å². The van der Waals surface area contributed by atoms with Crippen LogP contribution in [-0.2, 0) is 0 Å². The molecule has 0 aliphatic carbocycles. The average Bonchev–Trinajstić information content (AvgIpc) is 2.63. The Labute approximate surface area is 172 Å². The summed E-state index contributed by atoms with van der Waals surface area (Å²) in [6.45, 7) is -1.74. The van der Waals surface area contributed by atoms with Gasteiger partial charge in [-0.1, -0.05) is 12.1 Å². The highest BCUT2D eigenvalue weighted by Crippen LogP contribution is 2.62. The van der Waals surface area contributed by atoms with Crippen LogP contribution < -0.4 is 0 Å². The molecular formula is C15H9F15N2O. The minimum absolute atomic E-state index is 0.0162. The molecule has 33 heavy (non-hydrogen) atoms. The first-order valence-electron chi connectivity index (χ1n) is 7.90. The second kappa shape index (κ2) is 8.11.